The van der Waals surface area contributed by atoms with Crippen molar-refractivity contribution in [3.05, 3.63) is 22.7 Å². The third-order valence-corrected chi connectivity index (χ3v) is 4.93. The molecule has 1 aliphatic carbocycles. The first-order chi connectivity index (χ1) is 8.74. The third-order valence-electron chi connectivity index (χ3n) is 3.82. The molecule has 0 amide bonds. The first-order valence-corrected chi connectivity index (χ1v) is 7.78. The summed E-state index contributed by atoms with van der Waals surface area (Å²) in [7, 11) is 0. The number of nitrogens with one attached hydrogen (secondary N) is 1. The van der Waals surface area contributed by atoms with Gasteiger partial charge >= 0.3 is 0 Å². The molecule has 18 heavy (non-hydrogen) atoms. The van der Waals surface area contributed by atoms with Crippen molar-refractivity contribution >= 4 is 38.8 Å². The number of aromatic nitrogens is 1. The predicted octanol–water partition coefficient (Wildman–Crippen LogP) is 4.94. The van der Waals surface area contributed by atoms with E-state index in [0.29, 0.717) is 6.04 Å². The van der Waals surface area contributed by atoms with E-state index in [-0.39, 0.29) is 0 Å². The summed E-state index contributed by atoms with van der Waals surface area (Å²) in [5, 5.41) is 4.40. The number of halogens is 1. The lowest BCUT2D eigenvalue weighted by Crippen LogP contribution is -2.25. The van der Waals surface area contributed by atoms with Crippen molar-refractivity contribution in [1.82, 2.24) is 4.98 Å². The van der Waals surface area contributed by atoms with Gasteiger partial charge in [0.15, 0.2) is 0 Å². The third kappa shape index (κ3) is 2.34. The van der Waals surface area contributed by atoms with Gasteiger partial charge < -0.3 is 5.32 Å². The van der Waals surface area contributed by atoms with E-state index >= 15 is 0 Å². The molecule has 1 fully saturated rings. The van der Waals surface area contributed by atoms with Crippen LogP contribution in [0.5, 0.6) is 0 Å². The minimum absolute atomic E-state index is 0.547. The first-order valence-electron chi connectivity index (χ1n) is 6.52. The van der Waals surface area contributed by atoms with Gasteiger partial charge in [-0.05, 0) is 43.7 Å². The molecule has 1 aromatic carbocycles. The van der Waals surface area contributed by atoms with Gasteiger partial charge in [-0.3, -0.25) is 0 Å². The summed E-state index contributed by atoms with van der Waals surface area (Å²) in [4.78, 5) is 4.43. The molecule has 1 saturated carbocycles. The number of hydrogen-bond acceptors (Lipinski definition) is 3. The number of anilines is 1. The van der Waals surface area contributed by atoms with E-state index < -0.39 is 0 Å². The quantitative estimate of drug-likeness (QED) is 0.843. The molecule has 0 unspecified atom stereocenters. The monoisotopic (exact) mass is 280 g/mol. The van der Waals surface area contributed by atoms with E-state index in [1.165, 1.54) is 30.4 Å². The summed E-state index contributed by atoms with van der Waals surface area (Å²) < 4.78 is 1.20. The number of thiazole rings is 1. The maximum atomic E-state index is 6.31. The van der Waals surface area contributed by atoms with Crippen molar-refractivity contribution < 1.29 is 0 Å². The van der Waals surface area contributed by atoms with Gasteiger partial charge in [-0.25, -0.2) is 4.98 Å². The molecule has 1 N–H and O–H groups in total. The first kappa shape index (κ1) is 12.2. The largest absolute Gasteiger partial charge is 0.379 e. The lowest BCUT2D eigenvalue weighted by molar-refractivity contribution is 0.361. The minimum Gasteiger partial charge on any atom is -0.379 e. The highest BCUT2D eigenvalue weighted by atomic mass is 35.5. The molecular formula is C14H17ClN2S. The van der Waals surface area contributed by atoms with E-state index in [1.54, 1.807) is 11.3 Å². The van der Waals surface area contributed by atoms with Gasteiger partial charge in [0.05, 0.1) is 20.9 Å². The Hall–Kier alpha value is -0.800. The molecule has 1 aromatic heterocycles. The fraction of sp³-hybridized carbons (Fsp3) is 0.500. The van der Waals surface area contributed by atoms with Crippen molar-refractivity contribution in [1.29, 1.82) is 0 Å². The Balaban J connectivity index is 1.85. The maximum absolute atomic E-state index is 6.31. The Morgan fingerprint density at radius 3 is 2.83 bits per heavy atom. The molecule has 0 spiro atoms. The second-order valence-electron chi connectivity index (χ2n) is 5.22. The van der Waals surface area contributed by atoms with Crippen LogP contribution in [0.4, 0.5) is 5.69 Å². The van der Waals surface area contributed by atoms with Crippen LogP contribution in [-0.4, -0.2) is 11.0 Å². The summed E-state index contributed by atoms with van der Waals surface area (Å²) in [5.74, 6) is 0.869. The summed E-state index contributed by atoms with van der Waals surface area (Å²) in [6, 6.07) is 4.56. The lowest BCUT2D eigenvalue weighted by atomic mass is 9.87. The molecule has 4 heteroatoms. The number of hydrogen-bond donors (Lipinski definition) is 1. The molecule has 0 atom stereocenters. The second kappa shape index (κ2) is 5.06. The smallest absolute Gasteiger partial charge is 0.106 e. The molecule has 2 nitrogen and oxygen atoms in total. The standard InChI is InChI=1S/C14H17ClN2S/c1-9-2-4-10(5-3-9)17-13-11(15)6-7-12-14(13)16-8-18-12/h6-10,17H,2-5H2,1H3. The minimum atomic E-state index is 0.547. The zero-order chi connectivity index (χ0) is 12.5. The number of fused-ring (bicyclic) bond motifs is 1. The zero-order valence-corrected chi connectivity index (χ0v) is 12.0. The fourth-order valence-electron chi connectivity index (χ4n) is 2.65. The van der Waals surface area contributed by atoms with Crippen LogP contribution in [0.1, 0.15) is 32.6 Å². The topological polar surface area (TPSA) is 24.9 Å². The van der Waals surface area contributed by atoms with Crippen LogP contribution in [-0.2, 0) is 0 Å². The normalized spacial score (nSPS) is 24.3. The molecule has 2 aromatic rings. The van der Waals surface area contributed by atoms with Crippen LogP contribution in [0.15, 0.2) is 17.6 Å². The van der Waals surface area contributed by atoms with Gasteiger partial charge in [0.25, 0.3) is 0 Å². The van der Waals surface area contributed by atoms with Gasteiger partial charge in [-0.15, -0.1) is 11.3 Å². The van der Waals surface area contributed by atoms with Crippen molar-refractivity contribution in [2.75, 3.05) is 5.32 Å². The van der Waals surface area contributed by atoms with E-state index in [1.807, 2.05) is 17.6 Å². The van der Waals surface area contributed by atoms with Gasteiger partial charge in [-0.2, -0.15) is 0 Å². The Labute approximate surface area is 116 Å². The Kier molecular flexibility index (Phi) is 3.44. The van der Waals surface area contributed by atoms with E-state index in [4.69, 9.17) is 11.6 Å². The van der Waals surface area contributed by atoms with Crippen LogP contribution in [0.2, 0.25) is 5.02 Å². The van der Waals surface area contributed by atoms with E-state index in [9.17, 15) is 0 Å². The summed E-state index contributed by atoms with van der Waals surface area (Å²) in [6.07, 6.45) is 5.08. The highest BCUT2D eigenvalue weighted by Gasteiger charge is 2.20. The van der Waals surface area contributed by atoms with Crippen molar-refractivity contribution in [2.45, 2.75) is 38.6 Å². The Bertz CT molecular complexity index is 544. The van der Waals surface area contributed by atoms with Crippen LogP contribution in [0.3, 0.4) is 0 Å². The number of rotatable bonds is 2. The van der Waals surface area contributed by atoms with E-state index in [0.717, 1.165) is 22.1 Å². The van der Waals surface area contributed by atoms with Crippen molar-refractivity contribution in [3.63, 3.8) is 0 Å². The Morgan fingerprint density at radius 1 is 1.28 bits per heavy atom. The van der Waals surface area contributed by atoms with Crippen LogP contribution >= 0.6 is 22.9 Å². The second-order valence-corrected chi connectivity index (χ2v) is 6.52. The molecule has 0 bridgehead atoms. The van der Waals surface area contributed by atoms with Crippen LogP contribution in [0, 0.1) is 5.92 Å². The molecule has 1 heterocycles. The molecule has 0 aliphatic heterocycles. The zero-order valence-electron chi connectivity index (χ0n) is 10.4. The summed E-state index contributed by atoms with van der Waals surface area (Å²) >= 11 is 7.97. The number of benzene rings is 1. The molecule has 1 aliphatic rings. The number of nitrogens with zero attached hydrogens (tertiary/aromatic N) is 1. The average Bonchev–Trinajstić information content (AvgIpc) is 2.84. The molecule has 0 saturated heterocycles. The molecular weight excluding hydrogens is 264 g/mol. The average molecular weight is 281 g/mol. The van der Waals surface area contributed by atoms with Crippen molar-refractivity contribution in [3.8, 4) is 0 Å². The Morgan fingerprint density at radius 2 is 2.06 bits per heavy atom. The van der Waals surface area contributed by atoms with Gasteiger partial charge in [0.2, 0.25) is 0 Å². The van der Waals surface area contributed by atoms with Gasteiger partial charge in [0.1, 0.15) is 5.52 Å². The molecule has 96 valence electrons. The predicted molar refractivity (Wildman–Crippen MR) is 79.7 cm³/mol. The lowest BCUT2D eigenvalue weighted by Gasteiger charge is -2.28. The highest BCUT2D eigenvalue weighted by molar-refractivity contribution is 7.16. The van der Waals surface area contributed by atoms with Crippen molar-refractivity contribution in [2.24, 2.45) is 5.92 Å². The van der Waals surface area contributed by atoms with Crippen LogP contribution in [0.25, 0.3) is 10.2 Å². The van der Waals surface area contributed by atoms with Gasteiger partial charge in [0, 0.05) is 6.04 Å². The van der Waals surface area contributed by atoms with Gasteiger partial charge in [-0.1, -0.05) is 18.5 Å². The fourth-order valence-corrected chi connectivity index (χ4v) is 3.54. The maximum Gasteiger partial charge on any atom is 0.106 e. The highest BCUT2D eigenvalue weighted by Crippen LogP contribution is 2.35. The van der Waals surface area contributed by atoms with E-state index in [2.05, 4.69) is 17.2 Å². The summed E-state index contributed by atoms with van der Waals surface area (Å²) in [6.45, 7) is 2.34. The summed E-state index contributed by atoms with van der Waals surface area (Å²) in [5.41, 5.74) is 3.93. The van der Waals surface area contributed by atoms with Crippen LogP contribution < -0.4 is 5.32 Å². The molecule has 0 radical (unpaired) electrons. The molecule has 3 rings (SSSR count). The SMILES string of the molecule is CC1CCC(Nc2c(Cl)ccc3scnc23)CC1.